The average molecular weight is 492 g/mol. The van der Waals surface area contributed by atoms with Crippen molar-refractivity contribution in [3.05, 3.63) is 41.1 Å². The van der Waals surface area contributed by atoms with Crippen LogP contribution in [0.2, 0.25) is 0 Å². The van der Waals surface area contributed by atoms with Gasteiger partial charge in [0.05, 0.1) is 11.5 Å². The fourth-order valence-corrected chi connectivity index (χ4v) is 4.25. The van der Waals surface area contributed by atoms with E-state index in [9.17, 15) is 18.0 Å². The number of rotatable bonds is 9. The lowest BCUT2D eigenvalue weighted by atomic mass is 9.97. The summed E-state index contributed by atoms with van der Waals surface area (Å²) < 4.78 is 48.7. The number of likely N-dealkylation sites (tertiary alicyclic amines) is 1. The lowest BCUT2D eigenvalue weighted by molar-refractivity contribution is -0.147. The number of benzene rings is 1. The maximum atomic E-state index is 13.8. The largest absolute Gasteiger partial charge is 0.481 e. The molecule has 1 aromatic carbocycles. The smallest absolute Gasteiger partial charge is 0.416 e. The van der Waals surface area contributed by atoms with Crippen LogP contribution in [0.3, 0.4) is 0 Å². The third-order valence-corrected chi connectivity index (χ3v) is 6.10. The molecule has 1 aliphatic heterocycles. The quantitative estimate of drug-likeness (QED) is 0.474. The highest BCUT2D eigenvalue weighted by Gasteiger charge is 2.35. The molecule has 0 radical (unpaired) electrons. The van der Waals surface area contributed by atoms with Crippen molar-refractivity contribution >= 4 is 5.97 Å². The van der Waals surface area contributed by atoms with Gasteiger partial charge in [-0.05, 0) is 43.4 Å². The van der Waals surface area contributed by atoms with E-state index in [2.05, 4.69) is 29.1 Å². The molecule has 35 heavy (non-hydrogen) atoms. The van der Waals surface area contributed by atoms with Gasteiger partial charge in [-0.25, -0.2) is 0 Å². The maximum Gasteiger partial charge on any atom is 0.416 e. The average Bonchev–Trinajstić information content (AvgIpc) is 3.38. The second kappa shape index (κ2) is 9.80. The summed E-state index contributed by atoms with van der Waals surface area (Å²) in [5.74, 6) is -0.681. The Hall–Kier alpha value is -3.21. The Balaban J connectivity index is 1.54. The Bertz CT molecular complexity index is 1200. The van der Waals surface area contributed by atoms with Crippen LogP contribution < -0.4 is 0 Å². The highest BCUT2D eigenvalue weighted by Crippen LogP contribution is 2.35. The van der Waals surface area contributed by atoms with Crippen LogP contribution in [-0.4, -0.2) is 55.5 Å². The van der Waals surface area contributed by atoms with Gasteiger partial charge in [0.25, 0.3) is 5.89 Å². The van der Waals surface area contributed by atoms with Crippen molar-refractivity contribution in [2.75, 3.05) is 19.6 Å². The Kier molecular flexibility index (Phi) is 6.98. The van der Waals surface area contributed by atoms with Gasteiger partial charge >= 0.3 is 12.1 Å². The minimum absolute atomic E-state index is 0.0561. The zero-order chi connectivity index (χ0) is 25.3. The van der Waals surface area contributed by atoms with Crippen LogP contribution in [0.25, 0.3) is 23.0 Å². The normalized spacial score (nSPS) is 15.1. The molecule has 0 saturated carbocycles. The topological polar surface area (TPSA) is 97.3 Å². The molecule has 188 valence electrons. The van der Waals surface area contributed by atoms with Gasteiger partial charge in [0.1, 0.15) is 0 Å². The highest BCUT2D eigenvalue weighted by molar-refractivity contribution is 5.71. The molecule has 4 rings (SSSR count). The number of carboxylic acids is 1. The fraction of sp³-hybridized carbons (Fsp3) is 0.500. The van der Waals surface area contributed by atoms with Crippen LogP contribution in [0, 0.1) is 11.8 Å². The molecular formula is C24H28F3N5O3. The Morgan fingerprint density at radius 1 is 1.26 bits per heavy atom. The van der Waals surface area contributed by atoms with Crippen molar-refractivity contribution in [1.82, 2.24) is 24.8 Å². The first-order valence-corrected chi connectivity index (χ1v) is 11.6. The van der Waals surface area contributed by atoms with E-state index in [0.29, 0.717) is 37.8 Å². The molecule has 0 atom stereocenters. The Morgan fingerprint density at radius 3 is 2.63 bits per heavy atom. The summed E-state index contributed by atoms with van der Waals surface area (Å²) in [7, 11) is 0. The predicted octanol–water partition coefficient (Wildman–Crippen LogP) is 4.40. The highest BCUT2D eigenvalue weighted by atomic mass is 19.4. The molecule has 0 spiro atoms. The standard InChI is InChI=1S/C24H28F3N5O3/c1-4-32-18(9-14(2)3)11-20(29-32)22-28-21(30-35-22)16-6-5-15(19(10-16)24(25,26)27)7-8-31-12-17(13-31)23(33)34/h5-6,10-11,14,17H,4,7-9,12-13H2,1-3H3,(H,33,34). The van der Waals surface area contributed by atoms with E-state index >= 15 is 0 Å². The SMILES string of the molecule is CCn1nc(-c2nc(-c3ccc(CCN4CC(C(=O)O)C4)c(C(F)(F)F)c3)no2)cc1CC(C)C. The van der Waals surface area contributed by atoms with Gasteiger partial charge in [-0.15, -0.1) is 0 Å². The molecule has 0 bridgehead atoms. The van der Waals surface area contributed by atoms with Gasteiger partial charge in [-0.2, -0.15) is 23.3 Å². The summed E-state index contributed by atoms with van der Waals surface area (Å²) in [6.45, 7) is 7.93. The van der Waals surface area contributed by atoms with E-state index in [1.54, 1.807) is 6.07 Å². The maximum absolute atomic E-state index is 13.8. The molecule has 1 aliphatic rings. The van der Waals surface area contributed by atoms with Crippen molar-refractivity contribution in [2.24, 2.45) is 11.8 Å². The molecule has 0 unspecified atom stereocenters. The van der Waals surface area contributed by atoms with Crippen molar-refractivity contribution in [3.63, 3.8) is 0 Å². The van der Waals surface area contributed by atoms with Gasteiger partial charge in [-0.1, -0.05) is 31.1 Å². The number of aliphatic carboxylic acids is 1. The Morgan fingerprint density at radius 2 is 2.00 bits per heavy atom. The lowest BCUT2D eigenvalue weighted by Gasteiger charge is -2.36. The molecule has 1 saturated heterocycles. The number of aromatic nitrogens is 4. The van der Waals surface area contributed by atoms with E-state index in [1.165, 1.54) is 6.07 Å². The van der Waals surface area contributed by atoms with Gasteiger partial charge in [0, 0.05) is 37.4 Å². The third kappa shape index (κ3) is 5.55. The van der Waals surface area contributed by atoms with Crippen LogP contribution in [0.4, 0.5) is 13.2 Å². The van der Waals surface area contributed by atoms with Crippen molar-refractivity contribution in [3.8, 4) is 23.0 Å². The summed E-state index contributed by atoms with van der Waals surface area (Å²) in [6.07, 6.45) is -3.57. The van der Waals surface area contributed by atoms with Crippen molar-refractivity contribution in [1.29, 1.82) is 0 Å². The van der Waals surface area contributed by atoms with Gasteiger partial charge in [0.15, 0.2) is 5.69 Å². The second-order valence-electron chi connectivity index (χ2n) is 9.27. The fourth-order valence-electron chi connectivity index (χ4n) is 4.25. The number of carboxylic acid groups (broad SMARTS) is 1. The lowest BCUT2D eigenvalue weighted by Crippen LogP contribution is -2.50. The second-order valence-corrected chi connectivity index (χ2v) is 9.27. The van der Waals surface area contributed by atoms with Crippen LogP contribution >= 0.6 is 0 Å². The summed E-state index contributed by atoms with van der Waals surface area (Å²) in [4.78, 5) is 17.1. The van der Waals surface area contributed by atoms with Gasteiger partial charge < -0.3 is 14.5 Å². The summed E-state index contributed by atoms with van der Waals surface area (Å²) >= 11 is 0. The summed E-state index contributed by atoms with van der Waals surface area (Å²) in [5.41, 5.74) is 1.10. The van der Waals surface area contributed by atoms with Crippen LogP contribution in [-0.2, 0) is 30.4 Å². The van der Waals surface area contributed by atoms with Crippen molar-refractivity contribution < 1.29 is 27.6 Å². The molecule has 1 N–H and O–H groups in total. The molecule has 0 aliphatic carbocycles. The zero-order valence-electron chi connectivity index (χ0n) is 19.8. The molecular weight excluding hydrogens is 463 g/mol. The number of alkyl halides is 3. The van der Waals surface area contributed by atoms with E-state index in [1.807, 2.05) is 22.6 Å². The first-order valence-electron chi connectivity index (χ1n) is 11.6. The van der Waals surface area contributed by atoms with E-state index in [4.69, 9.17) is 9.63 Å². The number of carbonyl (C=O) groups is 1. The van der Waals surface area contributed by atoms with E-state index in [-0.39, 0.29) is 29.3 Å². The summed E-state index contributed by atoms with van der Waals surface area (Å²) in [5, 5.41) is 17.4. The Labute approximate surface area is 200 Å². The minimum atomic E-state index is -4.55. The van der Waals surface area contributed by atoms with E-state index < -0.39 is 23.6 Å². The zero-order valence-corrected chi connectivity index (χ0v) is 19.8. The molecule has 1 fully saturated rings. The number of hydrogen-bond donors (Lipinski definition) is 1. The predicted molar refractivity (Wildman–Crippen MR) is 121 cm³/mol. The monoisotopic (exact) mass is 491 g/mol. The molecule has 3 heterocycles. The van der Waals surface area contributed by atoms with Gasteiger partial charge in [-0.3, -0.25) is 9.48 Å². The van der Waals surface area contributed by atoms with Crippen LogP contribution in [0.15, 0.2) is 28.8 Å². The number of hydrogen-bond acceptors (Lipinski definition) is 6. The molecule has 11 heteroatoms. The molecule has 0 amide bonds. The molecule has 3 aromatic rings. The van der Waals surface area contributed by atoms with Crippen molar-refractivity contribution in [2.45, 2.75) is 46.3 Å². The van der Waals surface area contributed by atoms with Crippen LogP contribution in [0.1, 0.15) is 37.6 Å². The number of aryl methyl sites for hydroxylation is 1. The molecule has 2 aromatic heterocycles. The van der Waals surface area contributed by atoms with Gasteiger partial charge in [0.2, 0.25) is 5.82 Å². The number of halogens is 3. The minimum Gasteiger partial charge on any atom is -0.481 e. The van der Waals surface area contributed by atoms with Crippen LogP contribution in [0.5, 0.6) is 0 Å². The molecule has 8 nitrogen and oxygen atoms in total. The third-order valence-electron chi connectivity index (χ3n) is 6.10. The summed E-state index contributed by atoms with van der Waals surface area (Å²) in [6, 6.07) is 5.88. The number of nitrogens with zero attached hydrogens (tertiary/aromatic N) is 5. The van der Waals surface area contributed by atoms with E-state index in [0.717, 1.165) is 18.2 Å². The first-order chi connectivity index (χ1) is 16.5. The first kappa shape index (κ1) is 24.9.